The molecule has 0 fully saturated rings. The molecule has 0 atom stereocenters. The third kappa shape index (κ3) is 4.63. The van der Waals surface area contributed by atoms with Crippen LogP contribution in [-0.4, -0.2) is 22.3 Å². The number of thiazole rings is 1. The van der Waals surface area contributed by atoms with Gasteiger partial charge in [-0.3, -0.25) is 9.69 Å². The molecule has 0 radical (unpaired) electrons. The number of nitrogens with zero attached hydrogens (tertiary/aromatic N) is 2. The van der Waals surface area contributed by atoms with Gasteiger partial charge in [0.05, 0.1) is 29.6 Å². The minimum Gasteiger partial charge on any atom is -0.468 e. The minimum absolute atomic E-state index is 0.0751. The van der Waals surface area contributed by atoms with Crippen molar-refractivity contribution in [3.8, 4) is 0 Å². The highest BCUT2D eigenvalue weighted by Gasteiger charge is 2.16. The average Bonchev–Trinajstić information content (AvgIpc) is 3.36. The molecule has 1 N–H and O–H groups in total. The van der Waals surface area contributed by atoms with E-state index < -0.39 is 0 Å². The van der Waals surface area contributed by atoms with Crippen LogP contribution in [0.1, 0.15) is 15.5 Å². The number of amides is 1. The third-order valence-corrected chi connectivity index (χ3v) is 5.98. The Morgan fingerprint density at radius 1 is 1.11 bits per heavy atom. The first-order valence-electron chi connectivity index (χ1n) is 8.61. The molecule has 4 aromatic rings. The first-order valence-corrected chi connectivity index (χ1v) is 10.2. The van der Waals surface area contributed by atoms with E-state index in [0.717, 1.165) is 16.0 Å². The van der Waals surface area contributed by atoms with Gasteiger partial charge in [0.25, 0.3) is 0 Å². The first kappa shape index (κ1) is 17.9. The fraction of sp³-hybridized carbons (Fsp3) is 0.200. The van der Waals surface area contributed by atoms with E-state index in [-0.39, 0.29) is 12.5 Å². The largest absolute Gasteiger partial charge is 0.468 e. The normalized spacial score (nSPS) is 11.3. The summed E-state index contributed by atoms with van der Waals surface area (Å²) in [6.45, 7) is 3.64. The van der Waals surface area contributed by atoms with E-state index in [9.17, 15) is 4.79 Å². The van der Waals surface area contributed by atoms with Crippen molar-refractivity contribution in [2.45, 2.75) is 20.0 Å². The molecule has 7 heteroatoms. The summed E-state index contributed by atoms with van der Waals surface area (Å²) in [6, 6.07) is 15.9. The van der Waals surface area contributed by atoms with Gasteiger partial charge in [0.1, 0.15) is 5.76 Å². The maximum atomic E-state index is 12.6. The van der Waals surface area contributed by atoms with Gasteiger partial charge in [0.15, 0.2) is 5.13 Å². The summed E-state index contributed by atoms with van der Waals surface area (Å²) >= 11 is 3.24. The highest BCUT2D eigenvalue weighted by molar-refractivity contribution is 7.22. The summed E-state index contributed by atoms with van der Waals surface area (Å²) < 4.78 is 6.53. The smallest absolute Gasteiger partial charge is 0.240 e. The van der Waals surface area contributed by atoms with Crippen LogP contribution in [0.15, 0.2) is 59.2 Å². The highest BCUT2D eigenvalue weighted by Crippen LogP contribution is 2.25. The molecule has 0 bridgehead atoms. The van der Waals surface area contributed by atoms with Crippen molar-refractivity contribution >= 4 is 43.9 Å². The number of furan rings is 1. The number of aromatic nitrogens is 1. The first-order chi connectivity index (χ1) is 13.2. The lowest BCUT2D eigenvalue weighted by Crippen LogP contribution is -2.32. The van der Waals surface area contributed by atoms with Crippen molar-refractivity contribution in [2.75, 3.05) is 11.9 Å². The number of hydrogen-bond acceptors (Lipinski definition) is 6. The molecule has 3 heterocycles. The minimum atomic E-state index is -0.0751. The molecule has 27 heavy (non-hydrogen) atoms. The zero-order valence-electron chi connectivity index (χ0n) is 14.8. The third-order valence-electron chi connectivity index (χ3n) is 4.04. The number of carbonyl (C=O) groups excluding carboxylic acids is 1. The summed E-state index contributed by atoms with van der Waals surface area (Å²) in [5.41, 5.74) is 0.902. The standard InChI is InChI=1S/C20H19N3O2S2/c1-14-8-9-16(26-14)12-23(11-15-5-4-10-25-15)13-19(24)22-20-21-17-6-2-3-7-18(17)27-20/h2-10H,11-13H2,1H3,(H,21,22,24). The van der Waals surface area contributed by atoms with E-state index in [1.54, 1.807) is 17.6 Å². The van der Waals surface area contributed by atoms with Crippen LogP contribution in [0.4, 0.5) is 5.13 Å². The van der Waals surface area contributed by atoms with Crippen LogP contribution < -0.4 is 5.32 Å². The number of nitrogens with one attached hydrogen (secondary N) is 1. The maximum absolute atomic E-state index is 12.6. The lowest BCUT2D eigenvalue weighted by molar-refractivity contribution is -0.117. The Kier molecular flexibility index (Phi) is 5.33. The van der Waals surface area contributed by atoms with Crippen molar-refractivity contribution in [3.63, 3.8) is 0 Å². The Bertz CT molecular complexity index is 1000. The summed E-state index contributed by atoms with van der Waals surface area (Å²) in [4.78, 5) is 21.7. The van der Waals surface area contributed by atoms with Crippen LogP contribution in [0.25, 0.3) is 10.2 Å². The Labute approximate surface area is 165 Å². The van der Waals surface area contributed by atoms with Crippen molar-refractivity contribution in [1.29, 1.82) is 0 Å². The van der Waals surface area contributed by atoms with Gasteiger partial charge < -0.3 is 9.73 Å². The average molecular weight is 398 g/mol. The predicted octanol–water partition coefficient (Wildman–Crippen LogP) is 4.90. The second kappa shape index (κ2) is 8.04. The summed E-state index contributed by atoms with van der Waals surface area (Å²) in [5.74, 6) is 0.768. The van der Waals surface area contributed by atoms with E-state index in [1.807, 2.05) is 36.4 Å². The second-order valence-electron chi connectivity index (χ2n) is 6.27. The van der Waals surface area contributed by atoms with Gasteiger partial charge in [-0.1, -0.05) is 23.5 Å². The molecule has 1 aromatic carbocycles. The molecule has 1 amide bonds. The number of anilines is 1. The molecule has 0 aliphatic rings. The van der Waals surface area contributed by atoms with Crippen LogP contribution in [0.2, 0.25) is 0 Å². The predicted molar refractivity (Wildman–Crippen MR) is 110 cm³/mol. The van der Waals surface area contributed by atoms with Crippen molar-refractivity contribution in [2.24, 2.45) is 0 Å². The number of hydrogen-bond donors (Lipinski definition) is 1. The number of carbonyl (C=O) groups is 1. The van der Waals surface area contributed by atoms with E-state index in [2.05, 4.69) is 34.3 Å². The Morgan fingerprint density at radius 3 is 2.74 bits per heavy atom. The van der Waals surface area contributed by atoms with Crippen LogP contribution in [0, 0.1) is 6.92 Å². The number of aryl methyl sites for hydroxylation is 1. The summed E-state index contributed by atoms with van der Waals surface area (Å²) in [5, 5.41) is 3.56. The molecule has 3 aromatic heterocycles. The molecule has 0 unspecified atom stereocenters. The van der Waals surface area contributed by atoms with Crippen LogP contribution in [0.5, 0.6) is 0 Å². The van der Waals surface area contributed by atoms with Crippen molar-refractivity contribution in [3.05, 3.63) is 70.3 Å². The van der Waals surface area contributed by atoms with Crippen LogP contribution in [-0.2, 0) is 17.9 Å². The fourth-order valence-corrected chi connectivity index (χ4v) is 4.68. The van der Waals surface area contributed by atoms with Gasteiger partial charge in [0.2, 0.25) is 5.91 Å². The number of fused-ring (bicyclic) bond motifs is 1. The Hall–Kier alpha value is -2.48. The van der Waals surface area contributed by atoms with E-state index in [1.165, 1.54) is 21.1 Å². The maximum Gasteiger partial charge on any atom is 0.240 e. The lowest BCUT2D eigenvalue weighted by atomic mass is 10.3. The molecule has 4 rings (SSSR count). The highest BCUT2D eigenvalue weighted by atomic mass is 32.1. The Balaban J connectivity index is 1.44. The van der Waals surface area contributed by atoms with Gasteiger partial charge in [-0.25, -0.2) is 4.98 Å². The number of thiophene rings is 1. The van der Waals surface area contributed by atoms with Crippen LogP contribution >= 0.6 is 22.7 Å². The van der Waals surface area contributed by atoms with E-state index in [4.69, 9.17) is 4.42 Å². The fourth-order valence-electron chi connectivity index (χ4n) is 2.87. The van der Waals surface area contributed by atoms with Gasteiger partial charge in [-0.05, 0) is 43.3 Å². The molecule has 0 saturated heterocycles. The molecule has 0 aliphatic carbocycles. The molecule has 5 nitrogen and oxygen atoms in total. The molecule has 138 valence electrons. The van der Waals surface area contributed by atoms with Crippen molar-refractivity contribution in [1.82, 2.24) is 9.88 Å². The number of rotatable bonds is 7. The lowest BCUT2D eigenvalue weighted by Gasteiger charge is -2.19. The number of para-hydroxylation sites is 1. The van der Waals surface area contributed by atoms with Gasteiger partial charge in [0, 0.05) is 16.3 Å². The van der Waals surface area contributed by atoms with Gasteiger partial charge >= 0.3 is 0 Å². The van der Waals surface area contributed by atoms with Gasteiger partial charge in [-0.15, -0.1) is 11.3 Å². The molecular formula is C20H19N3O2S2. The molecule has 0 aliphatic heterocycles. The Morgan fingerprint density at radius 2 is 2.00 bits per heavy atom. The quantitative estimate of drug-likeness (QED) is 0.482. The summed E-state index contributed by atoms with van der Waals surface area (Å²) in [7, 11) is 0. The molecular weight excluding hydrogens is 378 g/mol. The SMILES string of the molecule is Cc1ccc(CN(CC(=O)Nc2nc3ccccc3s2)Cc2ccco2)s1. The zero-order chi connectivity index (χ0) is 18.6. The number of benzene rings is 1. The van der Waals surface area contributed by atoms with E-state index in [0.29, 0.717) is 18.2 Å². The van der Waals surface area contributed by atoms with Crippen molar-refractivity contribution < 1.29 is 9.21 Å². The summed E-state index contributed by atoms with van der Waals surface area (Å²) in [6.07, 6.45) is 1.66. The van der Waals surface area contributed by atoms with Gasteiger partial charge in [-0.2, -0.15) is 0 Å². The van der Waals surface area contributed by atoms with E-state index >= 15 is 0 Å². The second-order valence-corrected chi connectivity index (χ2v) is 8.67. The molecule has 0 spiro atoms. The monoisotopic (exact) mass is 397 g/mol. The topological polar surface area (TPSA) is 58.4 Å². The van der Waals surface area contributed by atoms with Crippen LogP contribution in [0.3, 0.4) is 0 Å². The zero-order valence-corrected chi connectivity index (χ0v) is 16.5. The molecule has 0 saturated carbocycles.